The maximum atomic E-state index is 14.6. The van der Waals surface area contributed by atoms with Crippen LogP contribution in [-0.4, -0.2) is 49.1 Å². The summed E-state index contributed by atoms with van der Waals surface area (Å²) in [4.78, 5) is 89.3. The lowest BCUT2D eigenvalue weighted by atomic mass is 9.97. The van der Waals surface area contributed by atoms with Gasteiger partial charge in [-0.15, -0.1) is 0 Å². The molecule has 0 atom stereocenters. The quantitative estimate of drug-likeness (QED) is 0.0998. The number of hydrogen-bond donors (Lipinski definition) is 0. The fraction of sp³-hybridized carbons (Fsp3) is 0.0382. The maximum Gasteiger partial charge on any atom is 0.268 e. The van der Waals surface area contributed by atoms with Crippen LogP contribution in [0.4, 0.5) is 17.1 Å². The lowest BCUT2D eigenvalue weighted by molar-refractivity contribution is 0.0910. The molecule has 26 rings (SSSR count). The average molecular weight is 1840 g/mol. The highest BCUT2D eigenvalue weighted by molar-refractivity contribution is 6.38. The van der Waals surface area contributed by atoms with Crippen LogP contribution in [0.15, 0.2) is 455 Å². The summed E-state index contributed by atoms with van der Waals surface area (Å²) >= 11 is 0. The Morgan fingerprint density at radius 3 is 0.692 bits per heavy atom. The van der Waals surface area contributed by atoms with Crippen LogP contribution in [0, 0.1) is 34.6 Å². The number of carbonyl (C=O) groups excluding carboxylic acids is 6. The highest BCUT2D eigenvalue weighted by atomic mass is 16.2. The molecule has 0 spiro atoms. The van der Waals surface area contributed by atoms with Gasteiger partial charge in [0.15, 0.2) is 0 Å². The molecule has 20 aromatic carbocycles. The summed E-state index contributed by atoms with van der Waals surface area (Å²) < 4.78 is 6.46. The molecule has 3 aliphatic heterocycles. The van der Waals surface area contributed by atoms with Crippen LogP contribution >= 0.6 is 0 Å². The van der Waals surface area contributed by atoms with E-state index in [0.717, 1.165) is 138 Å². The summed E-state index contributed by atoms with van der Waals surface area (Å²) in [5, 5.41) is 6.51. The minimum Gasteiger partial charge on any atom is -0.308 e. The lowest BCUT2D eigenvalue weighted by Crippen LogP contribution is -2.29. The molecule has 0 saturated carbocycles. The Bertz CT molecular complexity index is 9050. The molecule has 23 aromatic rings. The summed E-state index contributed by atoms with van der Waals surface area (Å²) in [6, 6.07) is 153. The molecular weight excluding hydrogens is 1750 g/mol. The highest BCUT2D eigenvalue weighted by Crippen LogP contribution is 2.48. The first-order valence-electron chi connectivity index (χ1n) is 48.1. The third-order valence-corrected chi connectivity index (χ3v) is 28.5. The smallest absolute Gasteiger partial charge is 0.268 e. The van der Waals surface area contributed by atoms with Gasteiger partial charge in [-0.05, 0) is 279 Å². The molecule has 680 valence electrons. The Labute approximate surface area is 826 Å². The van der Waals surface area contributed by atoms with Crippen molar-refractivity contribution in [3.8, 4) is 106 Å². The number of aryl methyl sites for hydroxylation is 5. The van der Waals surface area contributed by atoms with Crippen LogP contribution in [-0.2, 0) is 0 Å². The van der Waals surface area contributed by atoms with E-state index in [4.69, 9.17) is 0 Å². The standard InChI is InChI=1S/2C46H32N2O2.C39H26N2O2/c1-29-12-6-8-18-36(29)33-22-24-38-39-25-23-34(37-19-9-7-13-30(37)2)28-43(39)48(42(38)27-33)41-21-11-20-40-44(41)46(50)47(45(40)49)35-17-10-16-32(26-35)31-14-4-3-5-15-31;1-29-12-6-8-18-36(29)33-22-24-41-39(27-33)40-28-34(37-19-9-7-13-30(37)2)23-25-42(40)48(41)43-21-11-20-38-44(43)46(50)47(45(38)49)35-17-10-16-32(26-35)31-14-4-3-5-15-31;1-25-11-5-6-16-30(25)28-21-22-35-33(24-28)31-17-7-8-19-34(31)41(35)36-20-10-18-32-37(36)39(43)40(38(32)42)29-15-9-14-27(23-29)26-12-3-2-4-13-26/h2*3-28H,1-2H3;2-24H,1H3. The first-order chi connectivity index (χ1) is 70.0. The van der Waals surface area contributed by atoms with Crippen LogP contribution < -0.4 is 14.7 Å². The number of anilines is 3. The van der Waals surface area contributed by atoms with Crippen molar-refractivity contribution in [3.63, 3.8) is 0 Å². The van der Waals surface area contributed by atoms with Crippen molar-refractivity contribution in [3.05, 3.63) is 516 Å². The predicted molar refractivity (Wildman–Crippen MR) is 582 cm³/mol. The molecule has 0 bridgehead atoms. The number of imide groups is 3. The van der Waals surface area contributed by atoms with Crippen LogP contribution in [0.2, 0.25) is 0 Å². The minimum absolute atomic E-state index is 0.310. The number of amides is 6. The number of carbonyl (C=O) groups is 6. The van der Waals surface area contributed by atoms with Gasteiger partial charge in [0.05, 0.1) is 101 Å². The second-order valence-corrected chi connectivity index (χ2v) is 36.9. The van der Waals surface area contributed by atoms with Gasteiger partial charge >= 0.3 is 0 Å². The Kier molecular flexibility index (Phi) is 21.7. The van der Waals surface area contributed by atoms with Crippen LogP contribution in [0.1, 0.15) is 90.0 Å². The molecule has 3 aliphatic rings. The third kappa shape index (κ3) is 14.9. The van der Waals surface area contributed by atoms with E-state index in [1.165, 1.54) is 59.2 Å². The molecule has 6 amide bonds. The highest BCUT2D eigenvalue weighted by Gasteiger charge is 2.43. The Balaban J connectivity index is 0.000000116. The van der Waals surface area contributed by atoms with Crippen molar-refractivity contribution >= 4 is 118 Å². The fourth-order valence-electron chi connectivity index (χ4n) is 21.5. The van der Waals surface area contributed by atoms with Gasteiger partial charge in [-0.3, -0.25) is 28.8 Å². The van der Waals surface area contributed by atoms with Crippen LogP contribution in [0.5, 0.6) is 0 Å². The van der Waals surface area contributed by atoms with E-state index in [2.05, 4.69) is 273 Å². The predicted octanol–water partition coefficient (Wildman–Crippen LogP) is 31.6. The summed E-state index contributed by atoms with van der Waals surface area (Å²) in [7, 11) is 0. The van der Waals surface area contributed by atoms with Crippen molar-refractivity contribution in [2.75, 3.05) is 14.7 Å². The van der Waals surface area contributed by atoms with E-state index in [-0.39, 0.29) is 35.4 Å². The van der Waals surface area contributed by atoms with E-state index in [1.807, 2.05) is 212 Å². The SMILES string of the molecule is Cc1ccccc1-c1ccc2c(c1)c1cc(-c3ccccc3C)ccc1n2-c1cccc2c1C(=O)N(c1cccc(-c3ccccc3)c1)C2=O.Cc1ccccc1-c1ccc2c(c1)c1ccccc1n2-c1cccc2c1C(=O)N(c1cccc(-c3ccccc3)c1)C2=O.Cc1ccccc1-c1ccc2c3ccc(-c4ccccc4C)cc3n(-c3cccc4c3C(=O)N(c3cccc(-c5ccccc5)c3)C4=O)c2c1. The molecule has 0 radical (unpaired) electrons. The summed E-state index contributed by atoms with van der Waals surface area (Å²) in [5.74, 6) is -1.92. The fourth-order valence-corrected chi connectivity index (χ4v) is 21.5. The number of aromatic nitrogens is 3. The zero-order valence-electron chi connectivity index (χ0n) is 78.9. The van der Waals surface area contributed by atoms with Gasteiger partial charge in [0.2, 0.25) is 0 Å². The van der Waals surface area contributed by atoms with Gasteiger partial charge in [-0.2, -0.15) is 0 Å². The van der Waals surface area contributed by atoms with Crippen molar-refractivity contribution in [2.24, 2.45) is 0 Å². The van der Waals surface area contributed by atoms with Crippen LogP contribution in [0.25, 0.3) is 171 Å². The molecule has 143 heavy (non-hydrogen) atoms. The number of para-hydroxylation sites is 1. The molecule has 0 saturated heterocycles. The second-order valence-electron chi connectivity index (χ2n) is 36.9. The van der Waals surface area contributed by atoms with Crippen molar-refractivity contribution in [1.82, 2.24) is 13.7 Å². The topological polar surface area (TPSA) is 127 Å². The zero-order chi connectivity index (χ0) is 96.9. The van der Waals surface area contributed by atoms with Gasteiger partial charge < -0.3 is 13.7 Å². The van der Waals surface area contributed by atoms with E-state index >= 15 is 0 Å². The number of nitrogens with zero attached hydrogens (tertiary/aromatic N) is 6. The van der Waals surface area contributed by atoms with Gasteiger partial charge in [-0.1, -0.05) is 328 Å². The maximum absolute atomic E-state index is 14.6. The lowest BCUT2D eigenvalue weighted by Gasteiger charge is -2.16. The normalized spacial score (nSPS) is 12.7. The zero-order valence-corrected chi connectivity index (χ0v) is 78.9. The van der Waals surface area contributed by atoms with Crippen molar-refractivity contribution in [2.45, 2.75) is 34.6 Å². The summed E-state index contributed by atoms with van der Waals surface area (Å²) in [6.07, 6.45) is 0. The van der Waals surface area contributed by atoms with E-state index in [0.29, 0.717) is 67.5 Å². The number of rotatable bonds is 14. The number of hydrogen-bond acceptors (Lipinski definition) is 6. The van der Waals surface area contributed by atoms with Crippen LogP contribution in [0.3, 0.4) is 0 Å². The Hall–Kier alpha value is -18.8. The second kappa shape index (κ2) is 35.7. The summed E-state index contributed by atoms with van der Waals surface area (Å²) in [5.41, 5.74) is 35.4. The number of fused-ring (bicyclic) bond motifs is 12. The first kappa shape index (κ1) is 87.0. The van der Waals surface area contributed by atoms with Crippen molar-refractivity contribution < 1.29 is 28.8 Å². The molecule has 0 N–H and O–H groups in total. The molecular formula is C131H90N6O6. The first-order valence-corrected chi connectivity index (χ1v) is 48.1. The van der Waals surface area contributed by atoms with Crippen molar-refractivity contribution in [1.29, 1.82) is 0 Å². The molecule has 12 heteroatoms. The Morgan fingerprint density at radius 1 is 0.147 bits per heavy atom. The van der Waals surface area contributed by atoms with E-state index in [1.54, 1.807) is 18.2 Å². The number of benzene rings is 20. The average Bonchev–Trinajstić information content (AvgIpc) is 1.56. The van der Waals surface area contributed by atoms with Gasteiger partial charge in [0.25, 0.3) is 35.4 Å². The van der Waals surface area contributed by atoms with Gasteiger partial charge in [0.1, 0.15) is 0 Å². The third-order valence-electron chi connectivity index (χ3n) is 28.5. The largest absolute Gasteiger partial charge is 0.308 e. The molecule has 3 aromatic heterocycles. The molecule has 0 fully saturated rings. The molecule has 0 aliphatic carbocycles. The van der Waals surface area contributed by atoms with Gasteiger partial charge in [-0.25, -0.2) is 14.7 Å². The minimum atomic E-state index is -0.328. The van der Waals surface area contributed by atoms with Gasteiger partial charge in [0, 0.05) is 32.3 Å². The molecule has 0 unspecified atom stereocenters. The molecule has 12 nitrogen and oxygen atoms in total. The van der Waals surface area contributed by atoms with E-state index < -0.39 is 0 Å². The Morgan fingerprint density at radius 2 is 0.378 bits per heavy atom. The molecule has 6 heterocycles. The summed E-state index contributed by atoms with van der Waals surface area (Å²) in [6.45, 7) is 10.6. The van der Waals surface area contributed by atoms with E-state index in [9.17, 15) is 28.8 Å². The monoisotopic (exact) mass is 1840 g/mol.